The average Bonchev–Trinajstić information content (AvgIpc) is 2.99. The molecule has 1 aromatic rings. The Labute approximate surface area is 186 Å². The van der Waals surface area contributed by atoms with Crippen LogP contribution < -0.4 is 5.32 Å². The molecule has 4 rings (SSSR count). The number of urea groups is 1. The summed E-state index contributed by atoms with van der Waals surface area (Å²) in [7, 11) is 0. The first kappa shape index (κ1) is 22.7. The van der Waals surface area contributed by atoms with E-state index in [2.05, 4.69) is 5.32 Å². The third-order valence-electron chi connectivity index (χ3n) is 5.94. The summed E-state index contributed by atoms with van der Waals surface area (Å²) in [5.74, 6) is 0.0539. The lowest BCUT2D eigenvalue weighted by Crippen LogP contribution is -2.51. The van der Waals surface area contributed by atoms with Gasteiger partial charge in [-0.3, -0.25) is 4.79 Å². The first-order valence-corrected chi connectivity index (χ1v) is 10.5. The molecule has 1 N–H and O–H groups in total. The zero-order chi connectivity index (χ0) is 20.4. The van der Waals surface area contributed by atoms with E-state index >= 15 is 0 Å². The number of hydroxylamine groups is 2. The summed E-state index contributed by atoms with van der Waals surface area (Å²) in [6.45, 7) is 2.57. The molecular formula is C20H26Cl2N4O4. The Morgan fingerprint density at radius 2 is 1.83 bits per heavy atom. The molecule has 0 spiro atoms. The zero-order valence-electron chi connectivity index (χ0n) is 16.6. The Morgan fingerprint density at radius 3 is 2.50 bits per heavy atom. The Hall–Kier alpha value is -2.03. The topological polar surface area (TPSA) is 82.2 Å². The van der Waals surface area contributed by atoms with E-state index in [1.54, 1.807) is 4.90 Å². The Morgan fingerprint density at radius 1 is 1.13 bits per heavy atom. The molecule has 10 heteroatoms. The van der Waals surface area contributed by atoms with E-state index in [9.17, 15) is 14.4 Å². The van der Waals surface area contributed by atoms with Gasteiger partial charge in [-0.15, -0.1) is 12.4 Å². The fourth-order valence-electron chi connectivity index (χ4n) is 4.15. The van der Waals surface area contributed by atoms with Crippen molar-refractivity contribution in [1.29, 1.82) is 0 Å². The van der Waals surface area contributed by atoms with Crippen LogP contribution in [0.15, 0.2) is 24.3 Å². The number of piperazine rings is 1. The molecule has 8 nitrogen and oxygen atoms in total. The zero-order valence-corrected chi connectivity index (χ0v) is 18.2. The van der Waals surface area contributed by atoms with Gasteiger partial charge >= 0.3 is 12.1 Å². The van der Waals surface area contributed by atoms with Crippen LogP contribution in [0.1, 0.15) is 24.8 Å². The number of rotatable bonds is 4. The number of nitrogens with zero attached hydrogens (tertiary/aromatic N) is 3. The molecule has 3 saturated heterocycles. The Balaban J connectivity index is 0.00000256. The van der Waals surface area contributed by atoms with Crippen molar-refractivity contribution in [2.45, 2.75) is 31.7 Å². The van der Waals surface area contributed by atoms with Crippen LogP contribution in [0.25, 0.3) is 0 Å². The molecule has 0 aromatic heterocycles. The average molecular weight is 457 g/mol. The van der Waals surface area contributed by atoms with Crippen molar-refractivity contribution in [2.24, 2.45) is 5.92 Å². The van der Waals surface area contributed by atoms with E-state index in [-0.39, 0.29) is 12.4 Å². The molecule has 1 unspecified atom stereocenters. The van der Waals surface area contributed by atoms with Gasteiger partial charge in [0.05, 0.1) is 0 Å². The van der Waals surface area contributed by atoms with Crippen LogP contribution >= 0.6 is 24.0 Å². The molecule has 0 saturated carbocycles. The maximum absolute atomic E-state index is 12.5. The van der Waals surface area contributed by atoms with Crippen LogP contribution in [0.4, 0.5) is 9.59 Å². The van der Waals surface area contributed by atoms with Crippen molar-refractivity contribution in [3.05, 3.63) is 34.9 Å². The molecule has 3 fully saturated rings. The van der Waals surface area contributed by atoms with Gasteiger partial charge in [0.1, 0.15) is 6.04 Å². The number of halogens is 2. The first-order chi connectivity index (χ1) is 14.0. The molecule has 3 aliphatic heterocycles. The first-order valence-electron chi connectivity index (χ1n) is 10.1. The highest BCUT2D eigenvalue weighted by molar-refractivity contribution is 6.30. The largest absolute Gasteiger partial charge is 0.434 e. The van der Waals surface area contributed by atoms with Crippen LogP contribution in [-0.4, -0.2) is 71.7 Å². The molecule has 1 aromatic carbocycles. The molecule has 164 valence electrons. The minimum absolute atomic E-state index is 0. The number of carbonyl (C=O) groups excluding carboxylic acids is 3. The predicted octanol–water partition coefficient (Wildman–Crippen LogP) is 2.69. The molecule has 1 atom stereocenters. The number of amides is 4. The second kappa shape index (κ2) is 9.85. The highest BCUT2D eigenvalue weighted by atomic mass is 35.5. The standard InChI is InChI=1S/C20H25ClN4O4.ClH/c21-16-5-3-14(4-6-16)1-2-15-7-10-23(11-8-15)20(28)29-25-18(26)17-13-22-9-12-24(17)19(25)27;/h3-6,15,17,22H,1-2,7-13H2;1H. The maximum atomic E-state index is 12.5. The lowest BCUT2D eigenvalue weighted by atomic mass is 9.91. The second-order valence-corrected chi connectivity index (χ2v) is 8.22. The predicted molar refractivity (Wildman–Crippen MR) is 113 cm³/mol. The van der Waals surface area contributed by atoms with Gasteiger partial charge in [-0.2, -0.15) is 0 Å². The van der Waals surface area contributed by atoms with E-state index in [1.807, 2.05) is 24.3 Å². The SMILES string of the molecule is Cl.O=C(ON1C(=O)C2CNCCN2C1=O)N1CCC(CCc2ccc(Cl)cc2)CC1. The number of fused-ring (bicyclic) bond motifs is 1. The van der Waals surface area contributed by atoms with Crippen LogP contribution in [0.3, 0.4) is 0 Å². The van der Waals surface area contributed by atoms with E-state index in [1.165, 1.54) is 10.5 Å². The van der Waals surface area contributed by atoms with Gasteiger partial charge in [-0.1, -0.05) is 28.8 Å². The smallest absolute Gasteiger partial charge is 0.312 e. The van der Waals surface area contributed by atoms with Crippen molar-refractivity contribution in [1.82, 2.24) is 20.2 Å². The van der Waals surface area contributed by atoms with Gasteiger partial charge in [-0.25, -0.2) is 9.59 Å². The molecule has 3 heterocycles. The molecule has 3 aliphatic rings. The van der Waals surface area contributed by atoms with E-state index in [4.69, 9.17) is 16.4 Å². The number of piperidine rings is 1. The van der Waals surface area contributed by atoms with Crippen LogP contribution in [0.2, 0.25) is 5.02 Å². The molecule has 0 aliphatic carbocycles. The van der Waals surface area contributed by atoms with Crippen LogP contribution in [0.5, 0.6) is 0 Å². The van der Waals surface area contributed by atoms with E-state index < -0.39 is 24.1 Å². The lowest BCUT2D eigenvalue weighted by Gasteiger charge is -2.31. The van der Waals surface area contributed by atoms with Gasteiger partial charge in [0.25, 0.3) is 5.91 Å². The summed E-state index contributed by atoms with van der Waals surface area (Å²) in [5, 5.41) is 4.45. The summed E-state index contributed by atoms with van der Waals surface area (Å²) in [6.07, 6.45) is 3.16. The fraction of sp³-hybridized carbons (Fsp3) is 0.550. The number of carbonyl (C=O) groups is 3. The van der Waals surface area contributed by atoms with E-state index in [0.717, 1.165) is 30.7 Å². The van der Waals surface area contributed by atoms with Gasteiger partial charge < -0.3 is 20.0 Å². The van der Waals surface area contributed by atoms with Crippen molar-refractivity contribution >= 4 is 42.0 Å². The summed E-state index contributed by atoms with van der Waals surface area (Å²) in [4.78, 5) is 45.4. The minimum atomic E-state index is -0.629. The second-order valence-electron chi connectivity index (χ2n) is 7.78. The molecule has 0 radical (unpaired) electrons. The van der Waals surface area contributed by atoms with Gasteiger partial charge in [-0.05, 0) is 49.3 Å². The quantitative estimate of drug-likeness (QED) is 0.704. The highest BCUT2D eigenvalue weighted by Gasteiger charge is 2.49. The number of nitrogens with one attached hydrogen (secondary N) is 1. The van der Waals surface area contributed by atoms with Gasteiger partial charge in [0, 0.05) is 37.7 Å². The van der Waals surface area contributed by atoms with Crippen LogP contribution in [-0.2, 0) is 16.1 Å². The molecule has 30 heavy (non-hydrogen) atoms. The molecule has 4 amide bonds. The van der Waals surface area contributed by atoms with Gasteiger partial charge in [0.2, 0.25) is 0 Å². The third kappa shape index (κ3) is 4.82. The molecular weight excluding hydrogens is 431 g/mol. The maximum Gasteiger partial charge on any atom is 0.434 e. The number of hydrogen-bond donors (Lipinski definition) is 1. The minimum Gasteiger partial charge on any atom is -0.312 e. The summed E-state index contributed by atoms with van der Waals surface area (Å²) in [6, 6.07) is 6.76. The highest BCUT2D eigenvalue weighted by Crippen LogP contribution is 2.25. The Bertz CT molecular complexity index is 760. The normalized spacial score (nSPS) is 22.0. The monoisotopic (exact) mass is 456 g/mol. The number of likely N-dealkylation sites (tertiary alicyclic amines) is 1. The van der Waals surface area contributed by atoms with Crippen molar-refractivity contribution < 1.29 is 19.2 Å². The fourth-order valence-corrected chi connectivity index (χ4v) is 4.27. The summed E-state index contributed by atoms with van der Waals surface area (Å²) in [5.41, 5.74) is 1.26. The van der Waals surface area contributed by atoms with Crippen LogP contribution in [0, 0.1) is 5.92 Å². The lowest BCUT2D eigenvalue weighted by molar-refractivity contribution is -0.152. The van der Waals surface area contributed by atoms with Crippen molar-refractivity contribution in [2.75, 3.05) is 32.7 Å². The van der Waals surface area contributed by atoms with Gasteiger partial charge in [0.15, 0.2) is 0 Å². The van der Waals surface area contributed by atoms with E-state index in [0.29, 0.717) is 43.7 Å². The number of imide groups is 1. The molecule has 0 bridgehead atoms. The third-order valence-corrected chi connectivity index (χ3v) is 6.20. The number of benzene rings is 1. The summed E-state index contributed by atoms with van der Waals surface area (Å²) >= 11 is 5.92. The summed E-state index contributed by atoms with van der Waals surface area (Å²) < 4.78 is 0. The van der Waals surface area contributed by atoms with Crippen molar-refractivity contribution in [3.63, 3.8) is 0 Å². The Kier molecular flexibility index (Phi) is 7.44. The number of hydrogen-bond acceptors (Lipinski definition) is 5. The van der Waals surface area contributed by atoms with Crippen molar-refractivity contribution in [3.8, 4) is 0 Å². The number of aryl methyl sites for hydroxylation is 1.